The summed E-state index contributed by atoms with van der Waals surface area (Å²) in [6.07, 6.45) is 0. The third kappa shape index (κ3) is 3.47. The fraction of sp³-hybridized carbons (Fsp3) is 0.533. The molecule has 0 bridgehead atoms. The van der Waals surface area contributed by atoms with Crippen LogP contribution in [0.2, 0.25) is 0 Å². The molecule has 0 aliphatic carbocycles. The fourth-order valence-electron chi connectivity index (χ4n) is 2.27. The predicted molar refractivity (Wildman–Crippen MR) is 95.1 cm³/mol. The quantitative estimate of drug-likeness (QED) is 0.866. The molecule has 0 radical (unpaired) electrons. The monoisotopic (exact) mass is 337 g/mol. The molecule has 0 spiro atoms. The van der Waals surface area contributed by atoms with E-state index in [-0.39, 0.29) is 23.3 Å². The maximum atomic E-state index is 12.5. The second-order valence-corrected chi connectivity index (χ2v) is 7.11. The minimum atomic E-state index is -0.422. The normalized spacial score (nSPS) is 11.4. The van der Waals surface area contributed by atoms with Crippen molar-refractivity contribution < 1.29 is 0 Å². The first-order valence-electron chi connectivity index (χ1n) is 7.54. The SMILES string of the molecule is CC(C)Cn1c(N)c(-c2csc(NC(C)C)n2)c(=O)n(C)c1=O. The van der Waals surface area contributed by atoms with Crippen molar-refractivity contribution in [1.29, 1.82) is 0 Å². The Morgan fingerprint density at radius 3 is 2.52 bits per heavy atom. The first kappa shape index (κ1) is 17.3. The number of nitrogens with one attached hydrogen (secondary N) is 1. The van der Waals surface area contributed by atoms with Crippen molar-refractivity contribution in [1.82, 2.24) is 14.1 Å². The van der Waals surface area contributed by atoms with Crippen LogP contribution in [0, 0.1) is 5.92 Å². The number of thiazole rings is 1. The number of anilines is 2. The summed E-state index contributed by atoms with van der Waals surface area (Å²) in [6, 6.07) is 0.240. The summed E-state index contributed by atoms with van der Waals surface area (Å²) in [5, 5.41) is 5.70. The number of rotatable bonds is 5. The lowest BCUT2D eigenvalue weighted by molar-refractivity contribution is 0.494. The molecule has 0 aliphatic heterocycles. The Morgan fingerprint density at radius 2 is 1.96 bits per heavy atom. The van der Waals surface area contributed by atoms with Crippen LogP contribution in [0.4, 0.5) is 10.9 Å². The van der Waals surface area contributed by atoms with Crippen LogP contribution in [0.1, 0.15) is 27.7 Å². The molecule has 0 saturated heterocycles. The van der Waals surface area contributed by atoms with Crippen LogP contribution < -0.4 is 22.3 Å². The summed E-state index contributed by atoms with van der Waals surface area (Å²) in [7, 11) is 1.46. The van der Waals surface area contributed by atoms with Crippen molar-refractivity contribution in [2.75, 3.05) is 11.1 Å². The molecule has 23 heavy (non-hydrogen) atoms. The lowest BCUT2D eigenvalue weighted by atomic mass is 10.2. The average molecular weight is 337 g/mol. The number of nitrogen functional groups attached to an aromatic ring is 1. The Balaban J connectivity index is 2.62. The largest absolute Gasteiger partial charge is 0.384 e. The summed E-state index contributed by atoms with van der Waals surface area (Å²) < 4.78 is 2.53. The lowest BCUT2D eigenvalue weighted by Crippen LogP contribution is -2.41. The molecule has 3 N–H and O–H groups in total. The Labute approximate surface area is 138 Å². The van der Waals surface area contributed by atoms with E-state index >= 15 is 0 Å². The molecule has 0 aliphatic rings. The van der Waals surface area contributed by atoms with Crippen LogP contribution in [-0.4, -0.2) is 20.2 Å². The van der Waals surface area contributed by atoms with Gasteiger partial charge in [0.05, 0.1) is 5.69 Å². The molecule has 2 heterocycles. The smallest absolute Gasteiger partial charge is 0.332 e. The van der Waals surface area contributed by atoms with Crippen molar-refractivity contribution in [3.05, 3.63) is 26.2 Å². The van der Waals surface area contributed by atoms with E-state index in [1.54, 1.807) is 5.38 Å². The third-order valence-electron chi connectivity index (χ3n) is 3.30. The molecule has 0 atom stereocenters. The van der Waals surface area contributed by atoms with E-state index in [9.17, 15) is 9.59 Å². The number of aromatic nitrogens is 3. The zero-order chi connectivity index (χ0) is 17.3. The zero-order valence-electron chi connectivity index (χ0n) is 14.1. The molecular weight excluding hydrogens is 314 g/mol. The molecular formula is C15H23N5O2S. The van der Waals surface area contributed by atoms with Crippen LogP contribution in [0.25, 0.3) is 11.3 Å². The molecule has 2 rings (SSSR count). The second kappa shape index (κ2) is 6.57. The van der Waals surface area contributed by atoms with Crippen molar-refractivity contribution in [2.45, 2.75) is 40.3 Å². The highest BCUT2D eigenvalue weighted by atomic mass is 32.1. The highest BCUT2D eigenvalue weighted by Gasteiger charge is 2.19. The van der Waals surface area contributed by atoms with Gasteiger partial charge >= 0.3 is 5.69 Å². The van der Waals surface area contributed by atoms with Gasteiger partial charge in [-0.15, -0.1) is 11.3 Å². The first-order valence-corrected chi connectivity index (χ1v) is 8.42. The van der Waals surface area contributed by atoms with E-state index in [1.807, 2.05) is 27.7 Å². The van der Waals surface area contributed by atoms with Crippen molar-refractivity contribution in [3.8, 4) is 11.3 Å². The summed E-state index contributed by atoms with van der Waals surface area (Å²) in [5.41, 5.74) is 6.09. The van der Waals surface area contributed by atoms with Crippen LogP contribution in [-0.2, 0) is 13.6 Å². The maximum Gasteiger partial charge on any atom is 0.332 e. The Bertz CT molecular complexity index is 816. The van der Waals surface area contributed by atoms with Gasteiger partial charge in [0.25, 0.3) is 5.56 Å². The van der Waals surface area contributed by atoms with Gasteiger partial charge in [-0.05, 0) is 19.8 Å². The molecule has 0 aromatic carbocycles. The van der Waals surface area contributed by atoms with Gasteiger partial charge in [-0.2, -0.15) is 0 Å². The van der Waals surface area contributed by atoms with Crippen molar-refractivity contribution in [3.63, 3.8) is 0 Å². The van der Waals surface area contributed by atoms with Crippen LogP contribution in [0.15, 0.2) is 15.0 Å². The molecule has 7 nitrogen and oxygen atoms in total. The fourth-order valence-corrected chi connectivity index (χ4v) is 3.12. The molecule has 2 aromatic heterocycles. The van der Waals surface area contributed by atoms with E-state index in [0.29, 0.717) is 12.2 Å². The minimum absolute atomic E-state index is 0.174. The maximum absolute atomic E-state index is 12.5. The van der Waals surface area contributed by atoms with Gasteiger partial charge in [0, 0.05) is 25.0 Å². The van der Waals surface area contributed by atoms with Gasteiger partial charge in [0.1, 0.15) is 11.4 Å². The molecule has 0 fully saturated rings. The molecule has 0 amide bonds. The Morgan fingerprint density at radius 1 is 1.30 bits per heavy atom. The van der Waals surface area contributed by atoms with Gasteiger partial charge < -0.3 is 11.1 Å². The molecule has 0 saturated carbocycles. The van der Waals surface area contributed by atoms with Gasteiger partial charge in [-0.3, -0.25) is 13.9 Å². The van der Waals surface area contributed by atoms with E-state index in [2.05, 4.69) is 10.3 Å². The summed E-state index contributed by atoms with van der Waals surface area (Å²) in [6.45, 7) is 8.45. The third-order valence-corrected chi connectivity index (χ3v) is 4.08. The van der Waals surface area contributed by atoms with Crippen molar-refractivity contribution in [2.24, 2.45) is 13.0 Å². The summed E-state index contributed by atoms with van der Waals surface area (Å²) >= 11 is 1.41. The zero-order valence-corrected chi connectivity index (χ0v) is 14.9. The minimum Gasteiger partial charge on any atom is -0.384 e. The predicted octanol–water partition coefficient (Wildman–Crippen LogP) is 1.73. The van der Waals surface area contributed by atoms with Gasteiger partial charge in [-0.1, -0.05) is 13.8 Å². The van der Waals surface area contributed by atoms with Crippen LogP contribution >= 0.6 is 11.3 Å². The highest BCUT2D eigenvalue weighted by Crippen LogP contribution is 2.26. The number of hydrogen-bond donors (Lipinski definition) is 2. The van der Waals surface area contributed by atoms with E-state index in [4.69, 9.17) is 5.73 Å². The second-order valence-electron chi connectivity index (χ2n) is 6.25. The van der Waals surface area contributed by atoms with Gasteiger partial charge in [-0.25, -0.2) is 9.78 Å². The van der Waals surface area contributed by atoms with E-state index < -0.39 is 11.2 Å². The molecule has 2 aromatic rings. The highest BCUT2D eigenvalue weighted by molar-refractivity contribution is 7.14. The molecule has 8 heteroatoms. The standard InChI is InChI=1S/C15H23N5O2S/c1-8(2)6-20-12(16)11(13(21)19(5)15(20)22)10-7-23-14(18-10)17-9(3)4/h7-9H,6,16H2,1-5H3,(H,17,18). The van der Waals surface area contributed by atoms with E-state index in [1.165, 1.54) is 23.0 Å². The number of nitrogens with zero attached hydrogens (tertiary/aromatic N) is 3. The van der Waals surface area contributed by atoms with Crippen molar-refractivity contribution >= 4 is 22.3 Å². The van der Waals surface area contributed by atoms with Gasteiger partial charge in [0.2, 0.25) is 0 Å². The molecule has 126 valence electrons. The van der Waals surface area contributed by atoms with Crippen LogP contribution in [0.3, 0.4) is 0 Å². The van der Waals surface area contributed by atoms with Crippen LogP contribution in [0.5, 0.6) is 0 Å². The number of hydrogen-bond acceptors (Lipinski definition) is 6. The molecule has 0 unspecified atom stereocenters. The Hall–Kier alpha value is -2.09. The first-order chi connectivity index (χ1) is 10.7. The van der Waals surface area contributed by atoms with Gasteiger partial charge in [0.15, 0.2) is 5.13 Å². The number of nitrogens with two attached hydrogens (primary N) is 1. The van der Waals surface area contributed by atoms with E-state index in [0.717, 1.165) is 9.70 Å². The summed E-state index contributed by atoms with van der Waals surface area (Å²) in [5.74, 6) is 0.405. The lowest BCUT2D eigenvalue weighted by Gasteiger charge is -2.15. The topological polar surface area (TPSA) is 94.9 Å². The Kier molecular flexibility index (Phi) is 4.93. The summed E-state index contributed by atoms with van der Waals surface area (Å²) in [4.78, 5) is 29.2. The average Bonchev–Trinajstić information content (AvgIpc) is 2.88.